The van der Waals surface area contributed by atoms with Crippen molar-refractivity contribution in [2.45, 2.75) is 51.9 Å². The zero-order valence-corrected chi connectivity index (χ0v) is 17.7. The number of cyclic esters (lactones) is 1. The highest BCUT2D eigenvalue weighted by molar-refractivity contribution is 5.96. The molecular formula is C21H26F3NO6. The molecule has 31 heavy (non-hydrogen) atoms. The lowest BCUT2D eigenvalue weighted by atomic mass is 9.85. The van der Waals surface area contributed by atoms with Crippen LogP contribution in [0.25, 0.3) is 0 Å². The molecule has 1 aliphatic heterocycles. The largest absolute Gasteiger partial charge is 0.465 e. The Labute approximate surface area is 178 Å². The molecule has 1 heterocycles. The fourth-order valence-corrected chi connectivity index (χ4v) is 3.24. The summed E-state index contributed by atoms with van der Waals surface area (Å²) in [5.74, 6) is -3.58. The van der Waals surface area contributed by atoms with Crippen molar-refractivity contribution in [1.82, 2.24) is 5.32 Å². The van der Waals surface area contributed by atoms with Crippen molar-refractivity contribution in [1.29, 1.82) is 0 Å². The molecule has 172 valence electrons. The lowest BCUT2D eigenvalue weighted by Gasteiger charge is -2.28. The number of rotatable bonds is 6. The normalized spacial score (nSPS) is 20.0. The van der Waals surface area contributed by atoms with Gasteiger partial charge in [-0.25, -0.2) is 4.79 Å². The Balaban J connectivity index is 2.28. The first kappa shape index (κ1) is 24.5. The fourth-order valence-electron chi connectivity index (χ4n) is 3.24. The van der Waals surface area contributed by atoms with Crippen molar-refractivity contribution in [2.75, 3.05) is 13.2 Å². The maximum absolute atomic E-state index is 12.8. The Morgan fingerprint density at radius 3 is 2.32 bits per heavy atom. The molecule has 1 N–H and O–H groups in total. The second-order valence-electron chi connectivity index (χ2n) is 8.18. The van der Waals surface area contributed by atoms with Gasteiger partial charge in [0.1, 0.15) is 5.60 Å². The van der Waals surface area contributed by atoms with Crippen molar-refractivity contribution in [3.05, 3.63) is 35.4 Å². The molecule has 10 heteroatoms. The molecule has 0 spiro atoms. The Kier molecular flexibility index (Phi) is 7.56. The van der Waals surface area contributed by atoms with Gasteiger partial charge in [0.05, 0.1) is 18.8 Å². The maximum Gasteiger partial charge on any atom is 0.416 e. The molecule has 7 nitrogen and oxygen atoms in total. The van der Waals surface area contributed by atoms with Crippen LogP contribution in [0.4, 0.5) is 18.0 Å². The van der Waals surface area contributed by atoms with E-state index < -0.39 is 53.3 Å². The number of benzene rings is 1. The van der Waals surface area contributed by atoms with Gasteiger partial charge in [-0.2, -0.15) is 13.2 Å². The summed E-state index contributed by atoms with van der Waals surface area (Å²) in [7, 11) is 0. The molecule has 0 aromatic heterocycles. The van der Waals surface area contributed by atoms with E-state index in [2.05, 4.69) is 5.32 Å². The van der Waals surface area contributed by atoms with Gasteiger partial charge in [-0.15, -0.1) is 0 Å². The van der Waals surface area contributed by atoms with Gasteiger partial charge in [0.2, 0.25) is 0 Å². The Morgan fingerprint density at radius 1 is 1.19 bits per heavy atom. The highest BCUT2D eigenvalue weighted by Gasteiger charge is 2.48. The zero-order valence-electron chi connectivity index (χ0n) is 17.7. The first-order chi connectivity index (χ1) is 14.3. The first-order valence-corrected chi connectivity index (χ1v) is 9.80. The van der Waals surface area contributed by atoms with Crippen LogP contribution in [0.2, 0.25) is 0 Å². The van der Waals surface area contributed by atoms with Crippen molar-refractivity contribution >= 4 is 18.0 Å². The summed E-state index contributed by atoms with van der Waals surface area (Å²) < 4.78 is 53.7. The van der Waals surface area contributed by atoms with Crippen molar-refractivity contribution < 1.29 is 41.8 Å². The summed E-state index contributed by atoms with van der Waals surface area (Å²) in [6.45, 7) is 6.50. The van der Waals surface area contributed by atoms with Gasteiger partial charge in [0, 0.05) is 12.0 Å². The van der Waals surface area contributed by atoms with E-state index in [1.807, 2.05) is 0 Å². The molecule has 1 aromatic rings. The number of halogens is 3. The summed E-state index contributed by atoms with van der Waals surface area (Å²) in [5, 5.41) is 2.63. The van der Waals surface area contributed by atoms with Crippen LogP contribution in [0.5, 0.6) is 0 Å². The third-order valence-electron chi connectivity index (χ3n) is 4.60. The number of alkyl carbamates (subject to hydrolysis) is 1. The highest BCUT2D eigenvalue weighted by Crippen LogP contribution is 2.31. The standard InChI is InChI=1S/C21H26F3NO6/c1-5-29-17(26)16-14(11-30-18(16)27)15(25-19(28)31-20(2,3)4)10-12-6-8-13(9-7-12)21(22,23)24/h6-9,14-16H,5,10-11H2,1-4H3,(H,25,28)/t14-,15+,16+/m1/s1. The second-order valence-corrected chi connectivity index (χ2v) is 8.18. The molecular weight excluding hydrogens is 419 g/mol. The lowest BCUT2D eigenvalue weighted by molar-refractivity contribution is -0.156. The van der Waals surface area contributed by atoms with Gasteiger partial charge in [-0.1, -0.05) is 12.1 Å². The van der Waals surface area contributed by atoms with Crippen LogP contribution < -0.4 is 5.32 Å². The van der Waals surface area contributed by atoms with Crippen LogP contribution in [0.3, 0.4) is 0 Å². The van der Waals surface area contributed by atoms with E-state index in [-0.39, 0.29) is 19.6 Å². The predicted molar refractivity (Wildman–Crippen MR) is 103 cm³/mol. The average Bonchev–Trinajstić information content (AvgIpc) is 3.01. The molecule has 0 bridgehead atoms. The Bertz CT molecular complexity index is 801. The summed E-state index contributed by atoms with van der Waals surface area (Å²) >= 11 is 0. The average molecular weight is 445 g/mol. The van der Waals surface area contributed by atoms with E-state index in [1.54, 1.807) is 27.7 Å². The molecule has 0 saturated carbocycles. The van der Waals surface area contributed by atoms with Crippen molar-refractivity contribution in [2.24, 2.45) is 11.8 Å². The number of amides is 1. The number of hydrogen-bond acceptors (Lipinski definition) is 6. The Morgan fingerprint density at radius 2 is 1.81 bits per heavy atom. The third-order valence-corrected chi connectivity index (χ3v) is 4.60. The molecule has 2 rings (SSSR count). The summed E-state index contributed by atoms with van der Waals surface area (Å²) in [4.78, 5) is 36.8. The summed E-state index contributed by atoms with van der Waals surface area (Å²) in [6.07, 6.45) is -5.21. The molecule has 3 atom stereocenters. The molecule has 1 aliphatic rings. The molecule has 1 aromatic carbocycles. The van der Waals surface area contributed by atoms with Crippen LogP contribution in [0.15, 0.2) is 24.3 Å². The van der Waals surface area contributed by atoms with E-state index in [4.69, 9.17) is 14.2 Å². The molecule has 0 radical (unpaired) electrons. The van der Waals surface area contributed by atoms with Crippen LogP contribution >= 0.6 is 0 Å². The van der Waals surface area contributed by atoms with E-state index in [0.29, 0.717) is 5.56 Å². The van der Waals surface area contributed by atoms with E-state index in [9.17, 15) is 27.6 Å². The van der Waals surface area contributed by atoms with Crippen LogP contribution in [0.1, 0.15) is 38.8 Å². The van der Waals surface area contributed by atoms with Crippen LogP contribution in [0, 0.1) is 11.8 Å². The van der Waals surface area contributed by atoms with Gasteiger partial charge >= 0.3 is 24.2 Å². The number of carbonyl (C=O) groups is 3. The minimum atomic E-state index is -4.48. The second kappa shape index (κ2) is 9.57. The maximum atomic E-state index is 12.8. The van der Waals surface area contributed by atoms with E-state index in [1.165, 1.54) is 12.1 Å². The predicted octanol–water partition coefficient (Wildman–Crippen LogP) is 3.49. The number of esters is 2. The SMILES string of the molecule is CCOC(=O)[C@H]1C(=O)OC[C@@H]1[C@H](Cc1ccc(C(F)(F)F)cc1)NC(=O)OC(C)(C)C. The minimum Gasteiger partial charge on any atom is -0.465 e. The number of alkyl halides is 3. The van der Waals surface area contributed by atoms with Crippen LogP contribution in [-0.4, -0.2) is 42.9 Å². The van der Waals surface area contributed by atoms with Gasteiger partial charge in [0.15, 0.2) is 5.92 Å². The molecule has 1 saturated heterocycles. The quantitative estimate of drug-likeness (QED) is 0.410. The van der Waals surface area contributed by atoms with Crippen molar-refractivity contribution in [3.8, 4) is 0 Å². The van der Waals surface area contributed by atoms with Gasteiger partial charge in [-0.3, -0.25) is 9.59 Å². The highest BCUT2D eigenvalue weighted by atomic mass is 19.4. The zero-order chi connectivity index (χ0) is 23.4. The molecule has 0 aliphatic carbocycles. The topological polar surface area (TPSA) is 90.9 Å². The van der Waals surface area contributed by atoms with E-state index in [0.717, 1.165) is 12.1 Å². The van der Waals surface area contributed by atoms with Crippen LogP contribution in [-0.2, 0) is 36.4 Å². The number of ether oxygens (including phenoxy) is 3. The Hall–Kier alpha value is -2.78. The number of carbonyl (C=O) groups excluding carboxylic acids is 3. The lowest BCUT2D eigenvalue weighted by Crippen LogP contribution is -2.48. The number of nitrogens with one attached hydrogen (secondary N) is 1. The molecule has 1 amide bonds. The van der Waals surface area contributed by atoms with Gasteiger partial charge in [0.25, 0.3) is 0 Å². The monoisotopic (exact) mass is 445 g/mol. The van der Waals surface area contributed by atoms with Crippen molar-refractivity contribution in [3.63, 3.8) is 0 Å². The smallest absolute Gasteiger partial charge is 0.416 e. The minimum absolute atomic E-state index is 0.0502. The third kappa shape index (κ3) is 6.86. The van der Waals surface area contributed by atoms with Gasteiger partial charge in [-0.05, 0) is 51.8 Å². The summed E-state index contributed by atoms with van der Waals surface area (Å²) in [5.41, 5.74) is -1.14. The summed E-state index contributed by atoms with van der Waals surface area (Å²) in [6, 6.07) is 3.60. The molecule has 1 fully saturated rings. The fraction of sp³-hybridized carbons (Fsp3) is 0.571. The van der Waals surface area contributed by atoms with E-state index >= 15 is 0 Å². The van der Waals surface area contributed by atoms with Gasteiger partial charge < -0.3 is 19.5 Å². The number of hydrogen-bond donors (Lipinski definition) is 1. The molecule has 0 unspecified atom stereocenters. The first-order valence-electron chi connectivity index (χ1n) is 9.80.